The molecule has 4 unspecified atom stereocenters. The van der Waals surface area contributed by atoms with Gasteiger partial charge in [0.2, 0.25) is 0 Å². The van der Waals surface area contributed by atoms with E-state index < -0.39 is 69.9 Å². The molecule has 4 atom stereocenters. The lowest BCUT2D eigenvalue weighted by molar-refractivity contribution is -0.164. The van der Waals surface area contributed by atoms with E-state index in [1.807, 2.05) is 6.92 Å². The minimum Gasteiger partial charge on any atom is -0.469 e. The third kappa shape index (κ3) is 12.0. The maximum atomic E-state index is 13.1. The highest BCUT2D eigenvalue weighted by Gasteiger charge is 2.47. The Bertz CT molecular complexity index is 1250. The minimum absolute atomic E-state index is 0.0304. The summed E-state index contributed by atoms with van der Waals surface area (Å²) in [6.07, 6.45) is -0.167. The second kappa shape index (κ2) is 17.0. The second-order valence-electron chi connectivity index (χ2n) is 12.1. The van der Waals surface area contributed by atoms with Gasteiger partial charge in [0.1, 0.15) is 32.5 Å². The van der Waals surface area contributed by atoms with Crippen molar-refractivity contribution < 1.29 is 60.6 Å². The van der Waals surface area contributed by atoms with Gasteiger partial charge in [-0.15, -0.1) is 0 Å². The summed E-state index contributed by atoms with van der Waals surface area (Å²) < 4.78 is 55.8. The molecule has 0 saturated carbocycles. The molecule has 1 N–H and O–H groups in total. The van der Waals surface area contributed by atoms with Gasteiger partial charge in [-0.05, 0) is 65.5 Å². The molecule has 1 aliphatic heterocycles. The molecule has 1 saturated heterocycles. The first-order chi connectivity index (χ1) is 21.1. The molecule has 0 spiro atoms. The van der Waals surface area contributed by atoms with Gasteiger partial charge in [0.05, 0.1) is 47.9 Å². The SMILES string of the molecule is CCC(CC(CC(C)(CC(C)(C)C(=O)OCC1CO1)C(=O)OC)C(=O)OCCO)C(=O)OCCOS(=O)(=O)c1ccc(C)cc1. The lowest BCUT2D eigenvalue weighted by atomic mass is 9.68. The molecule has 13 nitrogen and oxygen atoms in total. The van der Waals surface area contributed by atoms with E-state index in [9.17, 15) is 32.7 Å². The summed E-state index contributed by atoms with van der Waals surface area (Å²) in [7, 11) is -2.86. The van der Waals surface area contributed by atoms with Crippen molar-refractivity contribution in [2.45, 2.75) is 71.3 Å². The first-order valence-electron chi connectivity index (χ1n) is 14.9. The smallest absolute Gasteiger partial charge is 0.311 e. The third-order valence-corrected chi connectivity index (χ3v) is 8.83. The lowest BCUT2D eigenvalue weighted by Crippen LogP contribution is -2.41. The minimum atomic E-state index is -4.05. The standard InChI is InChI=1S/C31H46O13S/c1-7-22(26(33)41-14-15-44-45(37,38)25-10-8-21(2)9-11-25)16-23(27(34)40-13-12-32)17-31(5,29(36)39-6)20-30(3,4)28(35)43-19-24-18-42-24/h8-11,22-24,32H,7,12-20H2,1-6H3. The van der Waals surface area contributed by atoms with Crippen LogP contribution in [0.5, 0.6) is 0 Å². The summed E-state index contributed by atoms with van der Waals surface area (Å²) in [5.74, 6) is -4.51. The van der Waals surface area contributed by atoms with Crippen LogP contribution in [-0.4, -0.2) is 90.3 Å². The molecule has 0 radical (unpaired) electrons. The highest BCUT2D eigenvalue weighted by Crippen LogP contribution is 2.42. The first kappa shape index (κ1) is 38.1. The molecule has 0 bridgehead atoms. The predicted octanol–water partition coefficient (Wildman–Crippen LogP) is 2.74. The summed E-state index contributed by atoms with van der Waals surface area (Å²) in [5, 5.41) is 9.20. The maximum Gasteiger partial charge on any atom is 0.311 e. The zero-order valence-electron chi connectivity index (χ0n) is 26.9. The molecule has 1 heterocycles. The van der Waals surface area contributed by atoms with Crippen LogP contribution in [0.1, 0.15) is 58.9 Å². The van der Waals surface area contributed by atoms with E-state index in [1.165, 1.54) is 19.2 Å². The van der Waals surface area contributed by atoms with E-state index >= 15 is 0 Å². The van der Waals surface area contributed by atoms with Crippen LogP contribution in [0.4, 0.5) is 0 Å². The topological polar surface area (TPSA) is 181 Å². The van der Waals surface area contributed by atoms with E-state index in [2.05, 4.69) is 0 Å². The highest BCUT2D eigenvalue weighted by molar-refractivity contribution is 7.86. The Labute approximate surface area is 265 Å². The summed E-state index contributed by atoms with van der Waals surface area (Å²) in [5.41, 5.74) is -1.65. The Balaban J connectivity index is 2.13. The zero-order chi connectivity index (χ0) is 33.8. The number of ether oxygens (including phenoxy) is 5. The van der Waals surface area contributed by atoms with E-state index in [1.54, 1.807) is 39.8 Å². The number of benzene rings is 1. The Morgan fingerprint density at radius 3 is 2.11 bits per heavy atom. The van der Waals surface area contributed by atoms with E-state index in [4.69, 9.17) is 27.9 Å². The van der Waals surface area contributed by atoms with Gasteiger partial charge in [0, 0.05) is 0 Å². The Kier molecular flexibility index (Phi) is 14.4. The number of aliphatic hydroxyl groups excluding tert-OH is 1. The van der Waals surface area contributed by atoms with Crippen LogP contribution in [-0.2, 0) is 57.2 Å². The molecule has 0 amide bonds. The van der Waals surface area contributed by atoms with Crippen molar-refractivity contribution in [3.8, 4) is 0 Å². The average Bonchev–Trinajstić information content (AvgIpc) is 3.82. The predicted molar refractivity (Wildman–Crippen MR) is 159 cm³/mol. The number of esters is 4. The molecule has 0 aromatic heterocycles. The van der Waals surface area contributed by atoms with Crippen molar-refractivity contribution >= 4 is 34.0 Å². The van der Waals surface area contributed by atoms with Gasteiger partial charge in [-0.3, -0.25) is 23.4 Å². The van der Waals surface area contributed by atoms with Crippen LogP contribution in [0.15, 0.2) is 29.2 Å². The number of hydrogen-bond acceptors (Lipinski definition) is 13. The molecule has 1 aromatic rings. The largest absolute Gasteiger partial charge is 0.469 e. The number of aryl methyl sites for hydroxylation is 1. The van der Waals surface area contributed by atoms with Crippen LogP contribution in [0, 0.1) is 29.6 Å². The molecule has 254 valence electrons. The van der Waals surface area contributed by atoms with Crippen LogP contribution in [0.2, 0.25) is 0 Å². The van der Waals surface area contributed by atoms with Gasteiger partial charge in [0.15, 0.2) is 0 Å². The Morgan fingerprint density at radius 1 is 0.956 bits per heavy atom. The zero-order valence-corrected chi connectivity index (χ0v) is 27.7. The van der Waals surface area contributed by atoms with Gasteiger partial charge in [0.25, 0.3) is 10.1 Å². The van der Waals surface area contributed by atoms with Crippen LogP contribution >= 0.6 is 0 Å². The van der Waals surface area contributed by atoms with Crippen molar-refractivity contribution in [3.05, 3.63) is 29.8 Å². The summed E-state index contributed by atoms with van der Waals surface area (Å²) in [6, 6.07) is 6.09. The number of carbonyl (C=O) groups is 4. The normalized spacial score (nSPS) is 17.4. The van der Waals surface area contributed by atoms with Crippen LogP contribution < -0.4 is 0 Å². The molecular weight excluding hydrogens is 612 g/mol. The van der Waals surface area contributed by atoms with Crippen molar-refractivity contribution in [1.82, 2.24) is 0 Å². The Morgan fingerprint density at radius 2 is 1.56 bits per heavy atom. The summed E-state index contributed by atoms with van der Waals surface area (Å²) >= 11 is 0. The fraction of sp³-hybridized carbons (Fsp3) is 0.677. The molecule has 14 heteroatoms. The van der Waals surface area contributed by atoms with E-state index in [0.717, 1.165) is 5.56 Å². The third-order valence-electron chi connectivity index (χ3n) is 7.50. The van der Waals surface area contributed by atoms with Gasteiger partial charge in [-0.25, -0.2) is 0 Å². The second-order valence-corrected chi connectivity index (χ2v) is 13.7. The van der Waals surface area contributed by atoms with Crippen molar-refractivity contribution in [2.75, 3.05) is 46.8 Å². The van der Waals surface area contributed by atoms with Crippen molar-refractivity contribution in [2.24, 2.45) is 22.7 Å². The number of carbonyl (C=O) groups excluding carboxylic acids is 4. The van der Waals surface area contributed by atoms with Crippen molar-refractivity contribution in [1.29, 1.82) is 0 Å². The average molecular weight is 659 g/mol. The Hall–Kier alpha value is -3.07. The fourth-order valence-electron chi connectivity index (χ4n) is 5.07. The quantitative estimate of drug-likeness (QED) is 0.0711. The van der Waals surface area contributed by atoms with Crippen molar-refractivity contribution in [3.63, 3.8) is 0 Å². The molecule has 1 fully saturated rings. The number of rotatable bonds is 20. The maximum absolute atomic E-state index is 13.1. The number of hydrogen-bond donors (Lipinski definition) is 1. The first-order valence-corrected chi connectivity index (χ1v) is 16.3. The van der Waals surface area contributed by atoms with E-state index in [0.29, 0.717) is 6.61 Å². The van der Waals surface area contributed by atoms with E-state index in [-0.39, 0.29) is 56.5 Å². The summed E-state index contributed by atoms with van der Waals surface area (Å²) in [6.45, 7) is 7.44. The summed E-state index contributed by atoms with van der Waals surface area (Å²) in [4.78, 5) is 52.1. The van der Waals surface area contributed by atoms with Crippen LogP contribution in [0.25, 0.3) is 0 Å². The molecule has 1 aliphatic rings. The monoisotopic (exact) mass is 658 g/mol. The molecular formula is C31H46O13S. The number of methoxy groups -OCH3 is 1. The highest BCUT2D eigenvalue weighted by atomic mass is 32.2. The van der Waals surface area contributed by atoms with Gasteiger partial charge in [-0.1, -0.05) is 24.6 Å². The molecule has 1 aromatic carbocycles. The fourth-order valence-corrected chi connectivity index (χ4v) is 5.96. The number of epoxide rings is 1. The van der Waals surface area contributed by atoms with Crippen LogP contribution in [0.3, 0.4) is 0 Å². The molecule has 45 heavy (non-hydrogen) atoms. The molecule has 2 rings (SSSR count). The molecule has 0 aliphatic carbocycles. The number of aliphatic hydroxyl groups is 1. The van der Waals surface area contributed by atoms with Gasteiger partial charge >= 0.3 is 23.9 Å². The lowest BCUT2D eigenvalue weighted by Gasteiger charge is -2.36. The van der Waals surface area contributed by atoms with Gasteiger partial charge in [-0.2, -0.15) is 8.42 Å². The van der Waals surface area contributed by atoms with Gasteiger partial charge < -0.3 is 28.8 Å².